The first-order chi connectivity index (χ1) is 7.92. The molecule has 0 saturated heterocycles. The van der Waals surface area contributed by atoms with Gasteiger partial charge in [-0.05, 0) is 24.3 Å². The molecule has 84 valence electrons. The third-order valence-corrected chi connectivity index (χ3v) is 3.02. The fraction of sp³-hybridized carbons (Fsp3) is 0.400. The van der Waals surface area contributed by atoms with Gasteiger partial charge in [0, 0.05) is 17.3 Å². The normalized spacial score (nSPS) is 10.8. The molecule has 1 nitrogen and oxygen atoms in total. The first-order valence-corrected chi connectivity index (χ1v) is 6.24. The van der Waals surface area contributed by atoms with Crippen LogP contribution in [0.5, 0.6) is 0 Å². The second kappa shape index (κ2) is 5.64. The van der Waals surface area contributed by atoms with E-state index in [0.717, 1.165) is 6.42 Å². The molecule has 16 heavy (non-hydrogen) atoms. The Morgan fingerprint density at radius 3 is 2.75 bits per heavy atom. The third-order valence-electron chi connectivity index (χ3n) is 3.02. The number of nitrogens with zero attached hydrogens (tertiary/aromatic N) is 1. The highest BCUT2D eigenvalue weighted by molar-refractivity contribution is 5.84. The first kappa shape index (κ1) is 11.1. The lowest BCUT2D eigenvalue weighted by Crippen LogP contribution is -1.91. The van der Waals surface area contributed by atoms with Gasteiger partial charge in [-0.1, -0.05) is 50.5 Å². The average molecular weight is 213 g/mol. The van der Waals surface area contributed by atoms with Crippen molar-refractivity contribution < 1.29 is 0 Å². The number of hydrogen-bond acceptors (Lipinski definition) is 1. The molecule has 0 radical (unpaired) electrons. The summed E-state index contributed by atoms with van der Waals surface area (Å²) in [5, 5.41) is 2.63. The molecule has 1 aromatic carbocycles. The van der Waals surface area contributed by atoms with E-state index in [9.17, 15) is 0 Å². The standard InChI is InChI=1S/C15H19N/c1-2-3-4-5-10-15-14-9-7-6-8-13(14)11-12-16-15/h6-9,11-12H,2-5,10H2,1H3. The van der Waals surface area contributed by atoms with E-state index in [2.05, 4.69) is 42.2 Å². The predicted octanol–water partition coefficient (Wildman–Crippen LogP) is 4.36. The highest BCUT2D eigenvalue weighted by atomic mass is 14.7. The second-order valence-corrected chi connectivity index (χ2v) is 4.29. The Bertz CT molecular complexity index is 443. The molecule has 1 heteroatoms. The maximum absolute atomic E-state index is 4.50. The molecular weight excluding hydrogens is 194 g/mol. The molecule has 0 fully saturated rings. The fourth-order valence-electron chi connectivity index (χ4n) is 2.10. The molecule has 0 aliphatic carbocycles. The second-order valence-electron chi connectivity index (χ2n) is 4.29. The first-order valence-electron chi connectivity index (χ1n) is 6.24. The van der Waals surface area contributed by atoms with Gasteiger partial charge in [0.25, 0.3) is 0 Å². The molecule has 0 unspecified atom stereocenters. The Balaban J connectivity index is 2.11. The van der Waals surface area contributed by atoms with E-state index in [1.165, 1.54) is 42.1 Å². The number of aryl methyl sites for hydroxylation is 1. The van der Waals surface area contributed by atoms with Gasteiger partial charge in [0.2, 0.25) is 0 Å². The van der Waals surface area contributed by atoms with E-state index < -0.39 is 0 Å². The third kappa shape index (κ3) is 2.60. The van der Waals surface area contributed by atoms with Gasteiger partial charge in [0.05, 0.1) is 0 Å². The molecule has 0 aliphatic rings. The van der Waals surface area contributed by atoms with Gasteiger partial charge in [0.1, 0.15) is 0 Å². The van der Waals surface area contributed by atoms with E-state index in [-0.39, 0.29) is 0 Å². The zero-order valence-electron chi connectivity index (χ0n) is 9.95. The molecule has 0 N–H and O–H groups in total. The number of aromatic nitrogens is 1. The van der Waals surface area contributed by atoms with Crippen LogP contribution < -0.4 is 0 Å². The zero-order valence-corrected chi connectivity index (χ0v) is 9.95. The van der Waals surface area contributed by atoms with Crippen LogP contribution in [0.15, 0.2) is 36.5 Å². The molecule has 0 bridgehead atoms. The number of fused-ring (bicyclic) bond motifs is 1. The van der Waals surface area contributed by atoms with E-state index in [1.807, 2.05) is 6.20 Å². The number of unbranched alkanes of at least 4 members (excludes halogenated alkanes) is 3. The van der Waals surface area contributed by atoms with Crippen molar-refractivity contribution in [1.82, 2.24) is 4.98 Å². The zero-order chi connectivity index (χ0) is 11.2. The van der Waals surface area contributed by atoms with E-state index >= 15 is 0 Å². The van der Waals surface area contributed by atoms with Gasteiger partial charge in [-0.15, -0.1) is 0 Å². The van der Waals surface area contributed by atoms with Crippen LogP contribution in [-0.4, -0.2) is 4.98 Å². The van der Waals surface area contributed by atoms with Crippen molar-refractivity contribution >= 4 is 10.8 Å². The van der Waals surface area contributed by atoms with Gasteiger partial charge < -0.3 is 0 Å². The summed E-state index contributed by atoms with van der Waals surface area (Å²) in [6.45, 7) is 2.25. The van der Waals surface area contributed by atoms with Crippen molar-refractivity contribution in [3.05, 3.63) is 42.2 Å². The Labute approximate surface area is 97.5 Å². The summed E-state index contributed by atoms with van der Waals surface area (Å²) >= 11 is 0. The smallest absolute Gasteiger partial charge is 0.0481 e. The quantitative estimate of drug-likeness (QED) is 0.672. The van der Waals surface area contributed by atoms with Crippen LogP contribution in [-0.2, 0) is 6.42 Å². The minimum Gasteiger partial charge on any atom is -0.261 e. The minimum atomic E-state index is 1.11. The summed E-state index contributed by atoms with van der Waals surface area (Å²) in [6, 6.07) is 10.6. The molecule has 0 amide bonds. The number of rotatable bonds is 5. The van der Waals surface area contributed by atoms with Gasteiger partial charge in [-0.2, -0.15) is 0 Å². The summed E-state index contributed by atoms with van der Waals surface area (Å²) in [7, 11) is 0. The minimum absolute atomic E-state index is 1.11. The lowest BCUT2D eigenvalue weighted by atomic mass is 10.0. The van der Waals surface area contributed by atoms with Crippen molar-refractivity contribution in [1.29, 1.82) is 0 Å². The lowest BCUT2D eigenvalue weighted by Gasteiger charge is -2.04. The Morgan fingerprint density at radius 2 is 1.88 bits per heavy atom. The molecule has 0 spiro atoms. The molecule has 0 atom stereocenters. The molecule has 2 rings (SSSR count). The lowest BCUT2D eigenvalue weighted by molar-refractivity contribution is 0.662. The molecule has 0 aliphatic heterocycles. The summed E-state index contributed by atoms with van der Waals surface area (Å²) in [6.07, 6.45) is 8.25. The van der Waals surface area contributed by atoms with Crippen LogP contribution in [0.2, 0.25) is 0 Å². The van der Waals surface area contributed by atoms with Crippen LogP contribution in [0.1, 0.15) is 38.3 Å². The van der Waals surface area contributed by atoms with E-state index in [0.29, 0.717) is 0 Å². The number of hydrogen-bond donors (Lipinski definition) is 0. The maximum Gasteiger partial charge on any atom is 0.0481 e. The molecule has 2 aromatic rings. The molecule has 1 aromatic heterocycles. The fourth-order valence-corrected chi connectivity index (χ4v) is 2.10. The van der Waals surface area contributed by atoms with Gasteiger partial charge in [-0.25, -0.2) is 0 Å². The Kier molecular flexibility index (Phi) is 3.92. The Hall–Kier alpha value is -1.37. The van der Waals surface area contributed by atoms with Crippen LogP contribution in [0.4, 0.5) is 0 Å². The molecular formula is C15H19N. The van der Waals surface area contributed by atoms with Crippen molar-refractivity contribution in [3.8, 4) is 0 Å². The van der Waals surface area contributed by atoms with Crippen LogP contribution in [0.3, 0.4) is 0 Å². The van der Waals surface area contributed by atoms with Crippen LogP contribution in [0, 0.1) is 0 Å². The van der Waals surface area contributed by atoms with E-state index in [1.54, 1.807) is 0 Å². The van der Waals surface area contributed by atoms with Crippen molar-refractivity contribution in [2.75, 3.05) is 0 Å². The topological polar surface area (TPSA) is 12.9 Å². The summed E-state index contributed by atoms with van der Waals surface area (Å²) in [4.78, 5) is 4.50. The highest BCUT2D eigenvalue weighted by Crippen LogP contribution is 2.18. The summed E-state index contributed by atoms with van der Waals surface area (Å²) in [5.74, 6) is 0. The number of pyridine rings is 1. The summed E-state index contributed by atoms with van der Waals surface area (Å²) < 4.78 is 0. The Morgan fingerprint density at radius 1 is 1.00 bits per heavy atom. The maximum atomic E-state index is 4.50. The van der Waals surface area contributed by atoms with Gasteiger partial charge >= 0.3 is 0 Å². The molecule has 0 saturated carbocycles. The van der Waals surface area contributed by atoms with Crippen LogP contribution in [0.25, 0.3) is 10.8 Å². The SMILES string of the molecule is CCCCCCc1nccc2ccccc12. The van der Waals surface area contributed by atoms with Crippen LogP contribution >= 0.6 is 0 Å². The highest BCUT2D eigenvalue weighted by Gasteiger charge is 2.00. The summed E-state index contributed by atoms with van der Waals surface area (Å²) in [5.41, 5.74) is 1.26. The van der Waals surface area contributed by atoms with Gasteiger partial charge in [0.15, 0.2) is 0 Å². The predicted molar refractivity (Wildman–Crippen MR) is 69.6 cm³/mol. The van der Waals surface area contributed by atoms with Crippen molar-refractivity contribution in [3.63, 3.8) is 0 Å². The van der Waals surface area contributed by atoms with E-state index in [4.69, 9.17) is 0 Å². The molecule has 1 heterocycles. The largest absolute Gasteiger partial charge is 0.261 e. The van der Waals surface area contributed by atoms with Gasteiger partial charge in [-0.3, -0.25) is 4.98 Å². The number of benzene rings is 1. The van der Waals surface area contributed by atoms with Crippen molar-refractivity contribution in [2.24, 2.45) is 0 Å². The monoisotopic (exact) mass is 213 g/mol. The van der Waals surface area contributed by atoms with Crippen molar-refractivity contribution in [2.45, 2.75) is 39.0 Å². The average Bonchev–Trinajstić information content (AvgIpc) is 2.35.